The molecule has 0 atom stereocenters. The topological polar surface area (TPSA) is 46.5 Å². The first-order valence-corrected chi connectivity index (χ1v) is 10.0. The smallest absolute Gasteiger partial charge is 0.328 e. The van der Waals surface area contributed by atoms with Crippen molar-refractivity contribution in [3.63, 3.8) is 0 Å². The first-order valence-electron chi connectivity index (χ1n) is 10.0. The molecule has 0 heterocycles. The van der Waals surface area contributed by atoms with Crippen LogP contribution in [0.25, 0.3) is 17.2 Å². The van der Waals surface area contributed by atoms with E-state index >= 15 is 0 Å². The van der Waals surface area contributed by atoms with Crippen LogP contribution in [0.4, 0.5) is 0 Å². The van der Waals surface area contributed by atoms with Crippen LogP contribution in [-0.2, 0) is 10.2 Å². The summed E-state index contributed by atoms with van der Waals surface area (Å²) >= 11 is 0. The zero-order valence-corrected chi connectivity index (χ0v) is 18.2. The Morgan fingerprint density at radius 1 is 0.867 bits per heavy atom. The average molecular weight is 401 g/mol. The zero-order valence-electron chi connectivity index (χ0n) is 18.2. The van der Waals surface area contributed by atoms with Crippen LogP contribution in [0.3, 0.4) is 0 Å². The molecule has 1 N–H and O–H groups in total. The molecule has 0 unspecified atom stereocenters. The largest absolute Gasteiger partial charge is 0.478 e. The number of hydrogen-bond acceptors (Lipinski definition) is 2. The van der Waals surface area contributed by atoms with Crippen molar-refractivity contribution in [1.82, 2.24) is 0 Å². The molecule has 0 radical (unpaired) electrons. The molecule has 0 fully saturated rings. The molecule has 0 aliphatic heterocycles. The van der Waals surface area contributed by atoms with E-state index in [2.05, 4.69) is 65.0 Å². The van der Waals surface area contributed by atoms with Crippen LogP contribution in [0.15, 0.2) is 66.7 Å². The van der Waals surface area contributed by atoms with Gasteiger partial charge in [0.1, 0.15) is 11.5 Å². The zero-order chi connectivity index (χ0) is 21.9. The lowest BCUT2D eigenvalue weighted by Crippen LogP contribution is -2.10. The number of aliphatic carboxylic acids is 1. The van der Waals surface area contributed by atoms with Gasteiger partial charge in [-0.3, -0.25) is 0 Å². The predicted molar refractivity (Wildman–Crippen MR) is 123 cm³/mol. The van der Waals surface area contributed by atoms with E-state index in [-0.39, 0.29) is 5.41 Å². The van der Waals surface area contributed by atoms with Crippen LogP contribution in [0, 0.1) is 13.8 Å². The Morgan fingerprint density at radius 3 is 2.07 bits per heavy atom. The number of carboxylic acids is 1. The van der Waals surface area contributed by atoms with Crippen molar-refractivity contribution < 1.29 is 14.6 Å². The van der Waals surface area contributed by atoms with Crippen LogP contribution in [0.1, 0.15) is 43.0 Å². The van der Waals surface area contributed by atoms with Crippen molar-refractivity contribution in [2.24, 2.45) is 0 Å². The highest BCUT2D eigenvalue weighted by atomic mass is 16.5. The van der Waals surface area contributed by atoms with Crippen molar-refractivity contribution in [3.05, 3.63) is 89.0 Å². The van der Waals surface area contributed by atoms with Gasteiger partial charge in [-0.25, -0.2) is 4.79 Å². The Balaban J connectivity index is 2.01. The number of ether oxygens (including phenoxy) is 1. The van der Waals surface area contributed by atoms with Crippen LogP contribution < -0.4 is 4.74 Å². The molecule has 0 saturated carbocycles. The van der Waals surface area contributed by atoms with Gasteiger partial charge in [-0.05, 0) is 60.2 Å². The fourth-order valence-electron chi connectivity index (χ4n) is 3.39. The molecule has 0 aromatic heterocycles. The van der Waals surface area contributed by atoms with Gasteiger partial charge in [-0.15, -0.1) is 0 Å². The van der Waals surface area contributed by atoms with E-state index in [1.54, 1.807) is 6.08 Å². The van der Waals surface area contributed by atoms with Crippen LogP contribution in [0.2, 0.25) is 0 Å². The van der Waals surface area contributed by atoms with Gasteiger partial charge in [0.05, 0.1) is 0 Å². The molecule has 0 saturated heterocycles. The van der Waals surface area contributed by atoms with Crippen molar-refractivity contribution in [2.45, 2.75) is 40.0 Å². The summed E-state index contributed by atoms with van der Waals surface area (Å²) in [5.74, 6) is 0.340. The minimum Gasteiger partial charge on any atom is -0.478 e. The molecule has 3 nitrogen and oxygen atoms in total. The number of benzene rings is 3. The second-order valence-electron chi connectivity index (χ2n) is 8.68. The summed E-state index contributed by atoms with van der Waals surface area (Å²) in [7, 11) is 0. The quantitative estimate of drug-likeness (QED) is 0.462. The SMILES string of the molecule is Cc1cc(C)cc(-c2ccc(/C=C/C(=O)O)c(Oc3ccc(C(C)(C)C)cc3)c2)c1. The second-order valence-corrected chi connectivity index (χ2v) is 8.68. The van der Waals surface area contributed by atoms with Crippen LogP contribution >= 0.6 is 0 Å². The van der Waals surface area contributed by atoms with Crippen LogP contribution in [0.5, 0.6) is 11.5 Å². The predicted octanol–water partition coefficient (Wildman–Crippen LogP) is 7.16. The fraction of sp³-hybridized carbons (Fsp3) is 0.222. The van der Waals surface area contributed by atoms with E-state index in [1.807, 2.05) is 30.3 Å². The normalized spacial score (nSPS) is 11.6. The van der Waals surface area contributed by atoms with E-state index in [0.29, 0.717) is 17.1 Å². The third kappa shape index (κ3) is 5.38. The van der Waals surface area contributed by atoms with Crippen molar-refractivity contribution in [1.29, 1.82) is 0 Å². The molecule has 154 valence electrons. The fourth-order valence-corrected chi connectivity index (χ4v) is 3.39. The van der Waals surface area contributed by atoms with Gasteiger partial charge in [-0.2, -0.15) is 0 Å². The molecular weight excluding hydrogens is 372 g/mol. The third-order valence-corrected chi connectivity index (χ3v) is 4.92. The third-order valence-electron chi connectivity index (χ3n) is 4.92. The molecule has 0 aliphatic rings. The number of carbonyl (C=O) groups is 1. The monoisotopic (exact) mass is 400 g/mol. The van der Waals surface area contributed by atoms with Gasteiger partial charge in [0, 0.05) is 11.6 Å². The summed E-state index contributed by atoms with van der Waals surface area (Å²) in [4.78, 5) is 11.0. The van der Waals surface area contributed by atoms with E-state index in [0.717, 1.165) is 17.2 Å². The Morgan fingerprint density at radius 2 is 1.50 bits per heavy atom. The first-order chi connectivity index (χ1) is 14.1. The van der Waals surface area contributed by atoms with Gasteiger partial charge in [0.2, 0.25) is 0 Å². The number of carboxylic acid groups (broad SMARTS) is 1. The molecule has 0 spiro atoms. The molecule has 0 aliphatic carbocycles. The lowest BCUT2D eigenvalue weighted by Gasteiger charge is -2.19. The van der Waals surface area contributed by atoms with Crippen molar-refractivity contribution in [2.75, 3.05) is 0 Å². The summed E-state index contributed by atoms with van der Waals surface area (Å²) < 4.78 is 6.19. The maximum Gasteiger partial charge on any atom is 0.328 e. The Bertz CT molecular complexity index is 1060. The first kappa shape index (κ1) is 21.4. The highest BCUT2D eigenvalue weighted by Gasteiger charge is 2.14. The van der Waals surface area contributed by atoms with E-state index < -0.39 is 5.97 Å². The van der Waals surface area contributed by atoms with Crippen molar-refractivity contribution >= 4 is 12.0 Å². The second kappa shape index (κ2) is 8.58. The number of aryl methyl sites for hydroxylation is 2. The van der Waals surface area contributed by atoms with Gasteiger partial charge in [0.15, 0.2) is 0 Å². The molecule has 0 amide bonds. The molecule has 3 rings (SSSR count). The summed E-state index contributed by atoms with van der Waals surface area (Å²) in [5.41, 5.74) is 6.52. The number of rotatable bonds is 5. The lowest BCUT2D eigenvalue weighted by molar-refractivity contribution is -0.131. The van der Waals surface area contributed by atoms with E-state index in [4.69, 9.17) is 9.84 Å². The van der Waals surface area contributed by atoms with Gasteiger partial charge in [0.25, 0.3) is 0 Å². The molecular formula is C27H28O3. The Kier molecular flexibility index (Phi) is 6.12. The maximum atomic E-state index is 11.0. The van der Waals surface area contributed by atoms with Gasteiger partial charge < -0.3 is 9.84 Å². The Hall–Kier alpha value is -3.33. The summed E-state index contributed by atoms with van der Waals surface area (Å²) in [6.45, 7) is 10.7. The minimum atomic E-state index is -0.992. The van der Waals surface area contributed by atoms with Gasteiger partial charge in [-0.1, -0.05) is 74.4 Å². The highest BCUT2D eigenvalue weighted by Crippen LogP contribution is 2.33. The molecule has 3 aromatic carbocycles. The van der Waals surface area contributed by atoms with E-state index in [9.17, 15) is 4.79 Å². The van der Waals surface area contributed by atoms with Crippen LogP contribution in [-0.4, -0.2) is 11.1 Å². The van der Waals surface area contributed by atoms with Gasteiger partial charge >= 0.3 is 5.97 Å². The molecule has 30 heavy (non-hydrogen) atoms. The Labute approximate surface area is 178 Å². The van der Waals surface area contributed by atoms with E-state index in [1.165, 1.54) is 16.7 Å². The van der Waals surface area contributed by atoms with Crippen molar-refractivity contribution in [3.8, 4) is 22.6 Å². The average Bonchev–Trinajstić information content (AvgIpc) is 2.66. The maximum absolute atomic E-state index is 11.0. The molecule has 3 heteroatoms. The minimum absolute atomic E-state index is 0.0663. The standard InChI is InChI=1S/C27H28O3/c1-18-14-19(2)16-22(15-18)21-7-6-20(8-13-26(28)29)25(17-21)30-24-11-9-23(10-12-24)27(3,4)5/h6-17H,1-5H3,(H,28,29)/b13-8+. The summed E-state index contributed by atoms with van der Waals surface area (Å²) in [6, 6.07) is 20.3. The lowest BCUT2D eigenvalue weighted by atomic mass is 9.87. The molecule has 3 aromatic rings. The summed E-state index contributed by atoms with van der Waals surface area (Å²) in [6.07, 6.45) is 2.69. The summed E-state index contributed by atoms with van der Waals surface area (Å²) in [5, 5.41) is 9.03. The highest BCUT2D eigenvalue weighted by molar-refractivity contribution is 5.86. The molecule has 0 bridgehead atoms. The number of hydrogen-bond donors (Lipinski definition) is 1.